The lowest BCUT2D eigenvalue weighted by molar-refractivity contribution is -0.253. The first-order valence-corrected chi connectivity index (χ1v) is 6.74. The normalized spacial score (nSPS) is 41.4. The third-order valence-corrected chi connectivity index (χ3v) is 4.12. The minimum absolute atomic E-state index is 0.0115. The van der Waals surface area contributed by atoms with E-state index in [1.54, 1.807) is 6.92 Å². The molecule has 1 aromatic rings. The molecule has 4 heteroatoms. The van der Waals surface area contributed by atoms with E-state index in [1.165, 1.54) is 0 Å². The summed E-state index contributed by atoms with van der Waals surface area (Å²) in [5.41, 5.74) is 0.0894. The average molecular weight is 264 g/mol. The zero-order valence-corrected chi connectivity index (χ0v) is 11.3. The van der Waals surface area contributed by atoms with E-state index in [1.807, 2.05) is 37.3 Å². The minimum atomic E-state index is -1.01. The molecule has 0 amide bonds. The molecule has 2 aliphatic rings. The van der Waals surface area contributed by atoms with Crippen LogP contribution in [0.25, 0.3) is 0 Å². The smallest absolute Gasteiger partial charge is 0.163 e. The first-order valence-electron chi connectivity index (χ1n) is 6.74. The van der Waals surface area contributed by atoms with Crippen molar-refractivity contribution >= 4 is 0 Å². The second-order valence-electron chi connectivity index (χ2n) is 5.63. The molecular formula is C15H20O4. The maximum Gasteiger partial charge on any atom is 0.163 e. The van der Waals surface area contributed by atoms with Gasteiger partial charge in [0.05, 0.1) is 19.3 Å². The SMILES string of the molecule is C[C@H]1[C@@H]2OC[C@@H](O2)[C@@](C)(O)[C@@H]1OCc1ccccc1. The number of aliphatic hydroxyl groups is 1. The van der Waals surface area contributed by atoms with Crippen LogP contribution in [-0.2, 0) is 20.8 Å². The number of fused-ring (bicyclic) bond motifs is 2. The number of hydrogen-bond acceptors (Lipinski definition) is 4. The van der Waals surface area contributed by atoms with Crippen molar-refractivity contribution in [2.24, 2.45) is 5.92 Å². The number of hydrogen-bond donors (Lipinski definition) is 1. The van der Waals surface area contributed by atoms with Crippen molar-refractivity contribution in [3.8, 4) is 0 Å². The van der Waals surface area contributed by atoms with Gasteiger partial charge in [0, 0.05) is 5.92 Å². The van der Waals surface area contributed by atoms with Gasteiger partial charge in [0.25, 0.3) is 0 Å². The lowest BCUT2D eigenvalue weighted by atomic mass is 9.83. The van der Waals surface area contributed by atoms with E-state index >= 15 is 0 Å². The molecule has 1 N–H and O–H groups in total. The van der Waals surface area contributed by atoms with Crippen molar-refractivity contribution in [2.45, 2.75) is 44.6 Å². The average Bonchev–Trinajstić information content (AvgIpc) is 2.86. The van der Waals surface area contributed by atoms with Crippen LogP contribution in [-0.4, -0.2) is 35.8 Å². The van der Waals surface area contributed by atoms with Gasteiger partial charge in [0.2, 0.25) is 0 Å². The van der Waals surface area contributed by atoms with Gasteiger partial charge in [-0.25, -0.2) is 0 Å². The third kappa shape index (κ3) is 2.30. The number of benzene rings is 1. The molecule has 19 heavy (non-hydrogen) atoms. The lowest BCUT2D eigenvalue weighted by Crippen LogP contribution is -2.59. The van der Waals surface area contributed by atoms with Crippen molar-refractivity contribution in [1.29, 1.82) is 0 Å². The third-order valence-electron chi connectivity index (χ3n) is 4.12. The molecule has 0 aromatic heterocycles. The van der Waals surface area contributed by atoms with Gasteiger partial charge in [-0.2, -0.15) is 0 Å². The fraction of sp³-hybridized carbons (Fsp3) is 0.600. The Labute approximate surface area is 113 Å². The standard InChI is InChI=1S/C15H20O4/c1-10-13(17-8-11-6-4-3-5-7-11)15(2,16)12-9-18-14(10)19-12/h3-7,10,12-14,16H,8-9H2,1-2H3/t10-,12-,13-,14-,15-/m1/s1. The predicted molar refractivity (Wildman–Crippen MR) is 69.4 cm³/mol. The summed E-state index contributed by atoms with van der Waals surface area (Å²) in [6, 6.07) is 9.98. The quantitative estimate of drug-likeness (QED) is 0.903. The first kappa shape index (κ1) is 13.1. The molecule has 2 bridgehead atoms. The Morgan fingerprint density at radius 2 is 2.11 bits per heavy atom. The molecule has 2 aliphatic heterocycles. The Bertz CT molecular complexity index is 431. The van der Waals surface area contributed by atoms with E-state index in [9.17, 15) is 5.11 Å². The molecule has 4 nitrogen and oxygen atoms in total. The fourth-order valence-electron chi connectivity index (χ4n) is 2.94. The van der Waals surface area contributed by atoms with Crippen LogP contribution in [0.2, 0.25) is 0 Å². The van der Waals surface area contributed by atoms with Crippen LogP contribution in [0.5, 0.6) is 0 Å². The minimum Gasteiger partial charge on any atom is -0.385 e. The van der Waals surface area contributed by atoms with E-state index in [0.717, 1.165) is 5.56 Å². The van der Waals surface area contributed by atoms with Gasteiger partial charge < -0.3 is 19.3 Å². The molecule has 2 heterocycles. The highest BCUT2D eigenvalue weighted by molar-refractivity contribution is 5.13. The zero-order chi connectivity index (χ0) is 13.5. The van der Waals surface area contributed by atoms with Crippen LogP contribution in [0.3, 0.4) is 0 Å². The highest BCUT2D eigenvalue weighted by atomic mass is 16.7. The van der Waals surface area contributed by atoms with Crippen LogP contribution in [0.15, 0.2) is 30.3 Å². The highest BCUT2D eigenvalue weighted by Crippen LogP contribution is 2.40. The maximum absolute atomic E-state index is 10.6. The summed E-state index contributed by atoms with van der Waals surface area (Å²) in [6.45, 7) is 4.70. The monoisotopic (exact) mass is 264 g/mol. The Balaban J connectivity index is 1.72. The van der Waals surface area contributed by atoms with Crippen LogP contribution in [0.1, 0.15) is 19.4 Å². The van der Waals surface area contributed by atoms with E-state index in [-0.39, 0.29) is 24.4 Å². The van der Waals surface area contributed by atoms with Crippen LogP contribution >= 0.6 is 0 Å². The summed E-state index contributed by atoms with van der Waals surface area (Å²) in [7, 11) is 0. The molecule has 104 valence electrons. The molecule has 5 atom stereocenters. The summed E-state index contributed by atoms with van der Waals surface area (Å²) in [6.07, 6.45) is -0.834. The van der Waals surface area contributed by atoms with Crippen LogP contribution in [0.4, 0.5) is 0 Å². The van der Waals surface area contributed by atoms with E-state index in [0.29, 0.717) is 13.2 Å². The Morgan fingerprint density at radius 1 is 1.37 bits per heavy atom. The number of ether oxygens (including phenoxy) is 3. The molecule has 0 spiro atoms. The largest absolute Gasteiger partial charge is 0.385 e. The second kappa shape index (κ2) is 4.87. The molecule has 0 saturated carbocycles. The molecule has 0 aliphatic carbocycles. The summed E-state index contributed by atoms with van der Waals surface area (Å²) < 4.78 is 17.2. The Hall–Kier alpha value is -0.940. The van der Waals surface area contributed by atoms with Crippen molar-refractivity contribution in [2.75, 3.05) is 6.61 Å². The van der Waals surface area contributed by atoms with Crippen molar-refractivity contribution in [3.05, 3.63) is 35.9 Å². The van der Waals surface area contributed by atoms with E-state index in [2.05, 4.69) is 0 Å². The van der Waals surface area contributed by atoms with Gasteiger partial charge in [-0.1, -0.05) is 37.3 Å². The maximum atomic E-state index is 10.6. The summed E-state index contributed by atoms with van der Waals surface area (Å²) in [4.78, 5) is 0. The van der Waals surface area contributed by atoms with Gasteiger partial charge in [-0.05, 0) is 12.5 Å². The topological polar surface area (TPSA) is 47.9 Å². The van der Waals surface area contributed by atoms with Gasteiger partial charge in [0.15, 0.2) is 6.29 Å². The van der Waals surface area contributed by atoms with Crippen LogP contribution in [0, 0.1) is 5.92 Å². The molecule has 0 radical (unpaired) electrons. The van der Waals surface area contributed by atoms with Gasteiger partial charge in [-0.15, -0.1) is 0 Å². The van der Waals surface area contributed by atoms with Crippen molar-refractivity contribution < 1.29 is 19.3 Å². The van der Waals surface area contributed by atoms with Crippen LogP contribution < -0.4 is 0 Å². The highest BCUT2D eigenvalue weighted by Gasteiger charge is 2.55. The predicted octanol–water partition coefficient (Wildman–Crippen LogP) is 1.71. The molecule has 0 unspecified atom stereocenters. The Kier molecular flexibility index (Phi) is 3.35. The summed E-state index contributed by atoms with van der Waals surface area (Å²) in [5.74, 6) is 0.0115. The fourth-order valence-corrected chi connectivity index (χ4v) is 2.94. The van der Waals surface area contributed by atoms with E-state index < -0.39 is 5.60 Å². The number of rotatable bonds is 3. The second-order valence-corrected chi connectivity index (χ2v) is 5.63. The summed E-state index contributed by atoms with van der Waals surface area (Å²) in [5, 5.41) is 10.6. The first-order chi connectivity index (χ1) is 9.09. The van der Waals surface area contributed by atoms with Crippen molar-refractivity contribution in [1.82, 2.24) is 0 Å². The zero-order valence-electron chi connectivity index (χ0n) is 11.3. The van der Waals surface area contributed by atoms with Crippen molar-refractivity contribution in [3.63, 3.8) is 0 Å². The lowest BCUT2D eigenvalue weighted by Gasteiger charge is -2.43. The molecule has 2 saturated heterocycles. The Morgan fingerprint density at radius 3 is 2.84 bits per heavy atom. The molecule has 2 fully saturated rings. The molecular weight excluding hydrogens is 244 g/mol. The molecule has 3 rings (SSSR count). The van der Waals surface area contributed by atoms with E-state index in [4.69, 9.17) is 14.2 Å². The van der Waals surface area contributed by atoms with Gasteiger partial charge in [-0.3, -0.25) is 0 Å². The van der Waals surface area contributed by atoms with Gasteiger partial charge >= 0.3 is 0 Å². The molecule has 1 aromatic carbocycles. The van der Waals surface area contributed by atoms with Gasteiger partial charge in [0.1, 0.15) is 11.7 Å². The summed E-state index contributed by atoms with van der Waals surface area (Å²) >= 11 is 0.